The minimum Gasteiger partial charge on any atom is -0.467 e. The maximum Gasteiger partial charge on any atom is 0.328 e. The van der Waals surface area contributed by atoms with E-state index in [2.05, 4.69) is 0 Å². The monoisotopic (exact) mass is 366 g/mol. The van der Waals surface area contributed by atoms with E-state index >= 15 is 0 Å². The van der Waals surface area contributed by atoms with Gasteiger partial charge in [-0.1, -0.05) is 25.4 Å². The molecule has 7 heteroatoms. The highest BCUT2D eigenvalue weighted by Crippen LogP contribution is 2.47. The largest absolute Gasteiger partial charge is 0.467 e. The molecule has 134 valence electrons. The molecule has 1 amide bonds. The van der Waals surface area contributed by atoms with Crippen LogP contribution in [0.1, 0.15) is 32.3 Å². The number of rotatable bonds is 2. The van der Waals surface area contributed by atoms with Gasteiger partial charge in [-0.15, -0.1) is 0 Å². The van der Waals surface area contributed by atoms with Gasteiger partial charge >= 0.3 is 5.97 Å². The van der Waals surface area contributed by atoms with Crippen molar-refractivity contribution in [2.24, 2.45) is 5.41 Å². The van der Waals surface area contributed by atoms with E-state index < -0.39 is 17.8 Å². The lowest BCUT2D eigenvalue weighted by atomic mass is 9.78. The first-order valence-electron chi connectivity index (χ1n) is 8.02. The molecule has 0 radical (unpaired) electrons. The van der Waals surface area contributed by atoms with Crippen LogP contribution in [0.3, 0.4) is 0 Å². The topological polar surface area (TPSA) is 72.6 Å². The number of halogens is 2. The Balaban J connectivity index is 2.06. The first-order chi connectivity index (χ1) is 11.7. The molecule has 2 aliphatic rings. The van der Waals surface area contributed by atoms with Crippen LogP contribution in [0.15, 0.2) is 18.2 Å². The van der Waals surface area contributed by atoms with Gasteiger partial charge in [-0.25, -0.2) is 9.18 Å². The van der Waals surface area contributed by atoms with Gasteiger partial charge in [0.2, 0.25) is 5.91 Å². The standard InChI is InChI=1S/C18H20ClFN2O3/c1-18(2)8-12(17(24)25-3)22-13(18)6-9(7-14(22)23)15-11(21)5-4-10(19)16(15)20/h4-5,7,12-13H,6,8,21H2,1-3H3/t12-,13?/m0/s1. The summed E-state index contributed by atoms with van der Waals surface area (Å²) in [7, 11) is 1.31. The quantitative estimate of drug-likeness (QED) is 0.645. The van der Waals surface area contributed by atoms with Crippen LogP contribution in [0.2, 0.25) is 5.02 Å². The number of amides is 1. The van der Waals surface area contributed by atoms with E-state index in [4.69, 9.17) is 22.1 Å². The van der Waals surface area contributed by atoms with E-state index in [-0.39, 0.29) is 33.6 Å². The summed E-state index contributed by atoms with van der Waals surface area (Å²) in [6, 6.07) is 2.04. The average molecular weight is 367 g/mol. The van der Waals surface area contributed by atoms with Crippen molar-refractivity contribution in [1.82, 2.24) is 4.90 Å². The average Bonchev–Trinajstić information content (AvgIpc) is 2.83. The molecule has 1 fully saturated rings. The van der Waals surface area contributed by atoms with Crippen molar-refractivity contribution < 1.29 is 18.7 Å². The summed E-state index contributed by atoms with van der Waals surface area (Å²) < 4.78 is 19.4. The van der Waals surface area contributed by atoms with Crippen LogP contribution in [-0.4, -0.2) is 36.0 Å². The second-order valence-corrected chi connectivity index (χ2v) is 7.60. The Morgan fingerprint density at radius 1 is 1.44 bits per heavy atom. The van der Waals surface area contributed by atoms with Crippen molar-refractivity contribution in [3.05, 3.63) is 34.6 Å². The lowest BCUT2D eigenvalue weighted by molar-refractivity contribution is -0.150. The molecule has 0 aliphatic carbocycles. The number of anilines is 1. The van der Waals surface area contributed by atoms with Crippen molar-refractivity contribution in [2.45, 2.75) is 38.8 Å². The third-order valence-electron chi connectivity index (χ3n) is 5.18. The SMILES string of the molecule is COC(=O)[C@@H]1CC(C)(C)C2CC(c3c(N)ccc(Cl)c3F)=CC(=O)N21. The van der Waals surface area contributed by atoms with Crippen molar-refractivity contribution in [1.29, 1.82) is 0 Å². The van der Waals surface area contributed by atoms with Crippen LogP contribution >= 0.6 is 11.6 Å². The normalized spacial score (nSPS) is 24.8. The molecule has 2 N–H and O–H groups in total. The number of fused-ring (bicyclic) bond motifs is 1. The molecule has 2 heterocycles. The third kappa shape index (κ3) is 2.78. The van der Waals surface area contributed by atoms with Crippen LogP contribution in [0.25, 0.3) is 5.57 Å². The second-order valence-electron chi connectivity index (χ2n) is 7.19. The molecule has 1 aromatic rings. The molecule has 1 saturated heterocycles. The highest BCUT2D eigenvalue weighted by atomic mass is 35.5. The molecule has 3 rings (SSSR count). The van der Waals surface area contributed by atoms with Gasteiger partial charge in [-0.3, -0.25) is 4.79 Å². The van der Waals surface area contributed by atoms with Gasteiger partial charge in [0.25, 0.3) is 0 Å². The highest BCUT2D eigenvalue weighted by Gasteiger charge is 2.53. The molecule has 0 bridgehead atoms. The zero-order valence-electron chi connectivity index (χ0n) is 14.3. The Kier molecular flexibility index (Phi) is 4.27. The van der Waals surface area contributed by atoms with Crippen LogP contribution in [0, 0.1) is 11.2 Å². The summed E-state index contributed by atoms with van der Waals surface area (Å²) in [6.07, 6.45) is 2.23. The molecular formula is C18H20ClFN2O3. The molecular weight excluding hydrogens is 347 g/mol. The zero-order valence-corrected chi connectivity index (χ0v) is 15.1. The smallest absolute Gasteiger partial charge is 0.328 e. The van der Waals surface area contributed by atoms with Gasteiger partial charge in [0.1, 0.15) is 6.04 Å². The number of hydrogen-bond donors (Lipinski definition) is 1. The molecule has 1 unspecified atom stereocenters. The predicted molar refractivity (Wildman–Crippen MR) is 93.3 cm³/mol. The number of methoxy groups -OCH3 is 1. The van der Waals surface area contributed by atoms with E-state index in [1.165, 1.54) is 25.3 Å². The summed E-state index contributed by atoms with van der Waals surface area (Å²) in [4.78, 5) is 26.4. The number of esters is 1. The zero-order chi connectivity index (χ0) is 18.5. The molecule has 2 atom stereocenters. The number of nitrogens with zero attached hydrogens (tertiary/aromatic N) is 1. The van der Waals surface area contributed by atoms with Gasteiger partial charge < -0.3 is 15.4 Å². The van der Waals surface area contributed by atoms with E-state index in [9.17, 15) is 14.0 Å². The first-order valence-corrected chi connectivity index (χ1v) is 8.39. The fourth-order valence-corrected chi connectivity index (χ4v) is 4.06. The Hall–Kier alpha value is -2.08. The Bertz CT molecular complexity index is 791. The van der Waals surface area contributed by atoms with E-state index in [0.29, 0.717) is 18.4 Å². The van der Waals surface area contributed by atoms with Crippen LogP contribution in [0.5, 0.6) is 0 Å². The van der Waals surface area contributed by atoms with Gasteiger partial charge in [0, 0.05) is 23.4 Å². The number of benzene rings is 1. The molecule has 0 spiro atoms. The number of nitrogens with two attached hydrogens (primary N) is 1. The summed E-state index contributed by atoms with van der Waals surface area (Å²) in [6.45, 7) is 3.98. The number of carbonyl (C=O) groups excluding carboxylic acids is 2. The Morgan fingerprint density at radius 2 is 2.12 bits per heavy atom. The fraction of sp³-hybridized carbons (Fsp3) is 0.444. The number of carbonyl (C=O) groups is 2. The molecule has 25 heavy (non-hydrogen) atoms. The van der Waals surface area contributed by atoms with Crippen molar-refractivity contribution in [3.8, 4) is 0 Å². The molecule has 5 nitrogen and oxygen atoms in total. The minimum atomic E-state index is -0.630. The van der Waals surface area contributed by atoms with E-state index in [1.807, 2.05) is 13.8 Å². The third-order valence-corrected chi connectivity index (χ3v) is 5.47. The predicted octanol–water partition coefficient (Wildman–Crippen LogP) is 3.02. The van der Waals surface area contributed by atoms with Gasteiger partial charge in [-0.05, 0) is 36.0 Å². The van der Waals surface area contributed by atoms with Crippen molar-refractivity contribution in [2.75, 3.05) is 12.8 Å². The van der Waals surface area contributed by atoms with Crippen LogP contribution < -0.4 is 5.73 Å². The van der Waals surface area contributed by atoms with Crippen molar-refractivity contribution >= 4 is 34.7 Å². The first kappa shape index (κ1) is 17.7. The van der Waals surface area contributed by atoms with E-state index in [1.54, 1.807) is 4.90 Å². The summed E-state index contributed by atoms with van der Waals surface area (Å²) >= 11 is 5.88. The van der Waals surface area contributed by atoms with Crippen LogP contribution in [0.4, 0.5) is 10.1 Å². The van der Waals surface area contributed by atoms with Crippen molar-refractivity contribution in [3.63, 3.8) is 0 Å². The Morgan fingerprint density at radius 3 is 2.76 bits per heavy atom. The maximum atomic E-state index is 14.5. The number of hydrogen-bond acceptors (Lipinski definition) is 4. The lowest BCUT2D eigenvalue weighted by Crippen LogP contribution is -2.48. The summed E-state index contributed by atoms with van der Waals surface area (Å²) in [5, 5.41) is -0.0434. The fourth-order valence-electron chi connectivity index (χ4n) is 3.90. The molecule has 0 saturated carbocycles. The van der Waals surface area contributed by atoms with Gasteiger partial charge in [0.15, 0.2) is 5.82 Å². The van der Waals surface area contributed by atoms with Crippen LogP contribution in [-0.2, 0) is 14.3 Å². The summed E-state index contributed by atoms with van der Waals surface area (Å²) in [5.41, 5.74) is 6.51. The van der Waals surface area contributed by atoms with Gasteiger partial charge in [0.05, 0.1) is 12.1 Å². The second kappa shape index (κ2) is 6.02. The highest BCUT2D eigenvalue weighted by molar-refractivity contribution is 6.31. The number of ether oxygens (including phenoxy) is 1. The lowest BCUT2D eigenvalue weighted by Gasteiger charge is -2.37. The summed E-state index contributed by atoms with van der Waals surface area (Å²) in [5.74, 6) is -1.41. The molecule has 1 aromatic carbocycles. The minimum absolute atomic E-state index is 0.0434. The van der Waals surface area contributed by atoms with E-state index in [0.717, 1.165) is 0 Å². The maximum absolute atomic E-state index is 14.5. The number of nitrogen functional groups attached to an aromatic ring is 1. The van der Waals surface area contributed by atoms with Gasteiger partial charge in [-0.2, -0.15) is 0 Å². The molecule has 2 aliphatic heterocycles. The molecule has 0 aromatic heterocycles. The Labute approximate surface area is 150 Å².